The Bertz CT molecular complexity index is 572. The van der Waals surface area contributed by atoms with Crippen molar-refractivity contribution in [3.8, 4) is 0 Å². The summed E-state index contributed by atoms with van der Waals surface area (Å²) in [5.74, 6) is 0.649. The highest BCUT2D eigenvalue weighted by Gasteiger charge is 2.42. The van der Waals surface area contributed by atoms with Crippen molar-refractivity contribution >= 4 is 9.84 Å². The summed E-state index contributed by atoms with van der Waals surface area (Å²) >= 11 is 0. The van der Waals surface area contributed by atoms with E-state index in [1.54, 1.807) is 6.07 Å². The van der Waals surface area contributed by atoms with E-state index in [0.29, 0.717) is 10.8 Å². The first-order valence-corrected chi connectivity index (χ1v) is 8.95. The number of hydrogen-bond acceptors (Lipinski definition) is 3. The van der Waals surface area contributed by atoms with E-state index in [2.05, 4.69) is 33.0 Å². The van der Waals surface area contributed by atoms with Crippen LogP contribution in [0.15, 0.2) is 29.2 Å². The second kappa shape index (κ2) is 5.49. The van der Waals surface area contributed by atoms with Crippen molar-refractivity contribution in [1.82, 2.24) is 5.32 Å². The van der Waals surface area contributed by atoms with Gasteiger partial charge in [0, 0.05) is 5.92 Å². The third-order valence-electron chi connectivity index (χ3n) is 4.26. The zero-order chi connectivity index (χ0) is 15.0. The number of benzene rings is 1. The normalized spacial score (nSPS) is 22.5. The zero-order valence-corrected chi connectivity index (χ0v) is 13.6. The summed E-state index contributed by atoms with van der Waals surface area (Å²) in [6, 6.07) is 7.49. The Morgan fingerprint density at radius 3 is 2.55 bits per heavy atom. The Morgan fingerprint density at radius 1 is 1.30 bits per heavy atom. The van der Waals surface area contributed by atoms with Crippen LogP contribution in [0.4, 0.5) is 0 Å². The van der Waals surface area contributed by atoms with Gasteiger partial charge in [-0.3, -0.25) is 0 Å². The molecule has 3 nitrogen and oxygen atoms in total. The van der Waals surface area contributed by atoms with Crippen molar-refractivity contribution in [1.29, 1.82) is 0 Å². The third kappa shape index (κ3) is 2.91. The molecule has 112 valence electrons. The molecule has 1 heterocycles. The first kappa shape index (κ1) is 15.5. The topological polar surface area (TPSA) is 46.2 Å². The molecule has 0 aromatic heterocycles. The quantitative estimate of drug-likeness (QED) is 0.929. The summed E-state index contributed by atoms with van der Waals surface area (Å²) in [5.41, 5.74) is 1.07. The molecule has 0 saturated heterocycles. The molecule has 2 rings (SSSR count). The van der Waals surface area contributed by atoms with E-state index in [0.717, 1.165) is 18.7 Å². The predicted octanol–water partition coefficient (Wildman–Crippen LogP) is 2.83. The molecule has 2 unspecified atom stereocenters. The number of sulfone groups is 1. The van der Waals surface area contributed by atoms with Crippen LogP contribution in [0.3, 0.4) is 0 Å². The highest BCUT2D eigenvalue weighted by Crippen LogP contribution is 2.45. The van der Waals surface area contributed by atoms with E-state index < -0.39 is 9.84 Å². The van der Waals surface area contributed by atoms with Crippen LogP contribution in [0.5, 0.6) is 0 Å². The van der Waals surface area contributed by atoms with Gasteiger partial charge in [0.2, 0.25) is 0 Å². The Morgan fingerprint density at radius 2 is 1.95 bits per heavy atom. The number of rotatable bonds is 4. The minimum atomic E-state index is -3.11. The lowest BCUT2D eigenvalue weighted by Gasteiger charge is -2.35. The Kier molecular flexibility index (Phi) is 4.26. The standard InChI is InChI=1S/C16H25NO2S/c1-5-17-10-14(16(2,3)4)13-11-20(18,19)15-9-7-6-8-12(13)15/h6-9,13-14,17H,5,10-11H2,1-4H3. The minimum Gasteiger partial charge on any atom is -0.317 e. The monoisotopic (exact) mass is 295 g/mol. The van der Waals surface area contributed by atoms with Crippen LogP contribution >= 0.6 is 0 Å². The SMILES string of the molecule is CCNCC(C1CS(=O)(=O)c2ccccc21)C(C)(C)C. The fourth-order valence-corrected chi connectivity index (χ4v) is 5.10. The molecule has 0 saturated carbocycles. The molecule has 1 aromatic rings. The van der Waals surface area contributed by atoms with Gasteiger partial charge in [-0.15, -0.1) is 0 Å². The van der Waals surface area contributed by atoms with Crippen molar-refractivity contribution in [2.45, 2.75) is 38.5 Å². The van der Waals surface area contributed by atoms with Gasteiger partial charge in [0.25, 0.3) is 0 Å². The maximum Gasteiger partial charge on any atom is 0.179 e. The molecule has 2 atom stereocenters. The molecular weight excluding hydrogens is 270 g/mol. The molecule has 4 heteroatoms. The average molecular weight is 295 g/mol. The summed E-state index contributed by atoms with van der Waals surface area (Å²) in [7, 11) is -3.11. The smallest absolute Gasteiger partial charge is 0.179 e. The molecule has 0 spiro atoms. The highest BCUT2D eigenvalue weighted by molar-refractivity contribution is 7.91. The van der Waals surface area contributed by atoms with Crippen molar-refractivity contribution in [2.75, 3.05) is 18.8 Å². The van der Waals surface area contributed by atoms with Gasteiger partial charge in [0.1, 0.15) is 0 Å². The van der Waals surface area contributed by atoms with Gasteiger partial charge in [-0.1, -0.05) is 45.9 Å². The molecule has 1 aliphatic heterocycles. The number of hydrogen-bond donors (Lipinski definition) is 1. The third-order valence-corrected chi connectivity index (χ3v) is 6.10. The summed E-state index contributed by atoms with van der Waals surface area (Å²) in [4.78, 5) is 0.538. The largest absolute Gasteiger partial charge is 0.317 e. The van der Waals surface area contributed by atoms with Gasteiger partial charge in [-0.05, 0) is 36.1 Å². The summed E-state index contributed by atoms with van der Waals surface area (Å²) in [6.45, 7) is 10.4. The van der Waals surface area contributed by atoms with E-state index in [9.17, 15) is 8.42 Å². The van der Waals surface area contributed by atoms with Gasteiger partial charge in [0.05, 0.1) is 10.6 Å². The predicted molar refractivity (Wildman–Crippen MR) is 82.7 cm³/mol. The van der Waals surface area contributed by atoms with Crippen molar-refractivity contribution in [3.63, 3.8) is 0 Å². The molecule has 0 fully saturated rings. The van der Waals surface area contributed by atoms with E-state index >= 15 is 0 Å². The van der Waals surface area contributed by atoms with Crippen LogP contribution in [0.1, 0.15) is 39.2 Å². The van der Waals surface area contributed by atoms with Crippen LogP contribution in [0, 0.1) is 11.3 Å². The average Bonchev–Trinajstić information content (AvgIpc) is 2.61. The van der Waals surface area contributed by atoms with E-state index in [1.165, 1.54) is 0 Å². The first-order chi connectivity index (χ1) is 9.27. The van der Waals surface area contributed by atoms with Crippen LogP contribution in [0.2, 0.25) is 0 Å². The molecule has 1 aliphatic rings. The van der Waals surface area contributed by atoms with Crippen molar-refractivity contribution < 1.29 is 8.42 Å². The molecule has 0 radical (unpaired) electrons. The Labute approximate surface area is 122 Å². The number of nitrogens with one attached hydrogen (secondary N) is 1. The molecule has 1 aromatic carbocycles. The van der Waals surface area contributed by atoms with E-state index in [4.69, 9.17) is 0 Å². The fraction of sp³-hybridized carbons (Fsp3) is 0.625. The molecule has 0 amide bonds. The van der Waals surface area contributed by atoms with Crippen LogP contribution in [-0.2, 0) is 9.84 Å². The van der Waals surface area contributed by atoms with Crippen LogP contribution in [0.25, 0.3) is 0 Å². The minimum absolute atomic E-state index is 0.0693. The molecular formula is C16H25NO2S. The van der Waals surface area contributed by atoms with Crippen molar-refractivity contribution in [3.05, 3.63) is 29.8 Å². The number of fused-ring (bicyclic) bond motifs is 1. The Balaban J connectivity index is 2.41. The lowest BCUT2D eigenvalue weighted by Crippen LogP contribution is -2.36. The maximum absolute atomic E-state index is 12.3. The molecule has 0 bridgehead atoms. The van der Waals surface area contributed by atoms with E-state index in [1.807, 2.05) is 18.2 Å². The fourth-order valence-electron chi connectivity index (χ4n) is 3.17. The molecule has 20 heavy (non-hydrogen) atoms. The lowest BCUT2D eigenvalue weighted by molar-refractivity contribution is 0.204. The van der Waals surface area contributed by atoms with Gasteiger partial charge in [0.15, 0.2) is 9.84 Å². The lowest BCUT2D eigenvalue weighted by atomic mass is 9.71. The zero-order valence-electron chi connectivity index (χ0n) is 12.8. The second-order valence-corrected chi connectivity index (χ2v) is 8.71. The first-order valence-electron chi connectivity index (χ1n) is 7.29. The molecule has 1 N–H and O–H groups in total. The van der Waals surface area contributed by atoms with Crippen LogP contribution in [-0.4, -0.2) is 27.3 Å². The Hall–Kier alpha value is -0.870. The summed E-state index contributed by atoms with van der Waals surface area (Å²) in [5, 5.41) is 3.40. The van der Waals surface area contributed by atoms with Gasteiger partial charge in [-0.25, -0.2) is 8.42 Å². The van der Waals surface area contributed by atoms with Crippen molar-refractivity contribution in [2.24, 2.45) is 11.3 Å². The van der Waals surface area contributed by atoms with Crippen LogP contribution < -0.4 is 5.32 Å². The second-order valence-electron chi connectivity index (χ2n) is 6.71. The van der Waals surface area contributed by atoms with Gasteiger partial charge >= 0.3 is 0 Å². The summed E-state index contributed by atoms with van der Waals surface area (Å²) in [6.07, 6.45) is 0. The maximum atomic E-state index is 12.3. The highest BCUT2D eigenvalue weighted by atomic mass is 32.2. The van der Waals surface area contributed by atoms with E-state index in [-0.39, 0.29) is 17.1 Å². The summed E-state index contributed by atoms with van der Waals surface area (Å²) < 4.78 is 24.7. The molecule has 0 aliphatic carbocycles. The van der Waals surface area contributed by atoms with Gasteiger partial charge in [-0.2, -0.15) is 0 Å². The van der Waals surface area contributed by atoms with Gasteiger partial charge < -0.3 is 5.32 Å².